The molecule has 2 rings (SSSR count). The molecular weight excluding hydrogens is 344 g/mol. The molecule has 2 atom stereocenters. The summed E-state index contributed by atoms with van der Waals surface area (Å²) in [6.07, 6.45) is 1.27. The van der Waals surface area contributed by atoms with E-state index in [0.717, 1.165) is 35.6 Å². The summed E-state index contributed by atoms with van der Waals surface area (Å²) < 4.78 is 5.05. The van der Waals surface area contributed by atoms with Crippen LogP contribution in [0.15, 0.2) is 0 Å². The van der Waals surface area contributed by atoms with E-state index in [1.807, 2.05) is 0 Å². The van der Waals surface area contributed by atoms with Crippen LogP contribution in [0.25, 0.3) is 0 Å². The number of Topliss-reactive ketones (excluding diaryl/α,β-unsaturated/α-hetero) is 1. The quantitative estimate of drug-likeness (QED) is 0.499. The molecule has 0 aliphatic carbocycles. The molecule has 0 saturated carbocycles. The second-order valence-corrected chi connectivity index (χ2v) is 7.28. The number of aliphatic hydroxyl groups is 1. The van der Waals surface area contributed by atoms with Crippen molar-refractivity contribution >= 4 is 34.0 Å². The molecule has 25 heavy (non-hydrogen) atoms. The third-order valence-electron chi connectivity index (χ3n) is 4.20. The van der Waals surface area contributed by atoms with Gasteiger partial charge in [-0.05, 0) is 39.2 Å². The third-order valence-corrected chi connectivity index (χ3v) is 5.51. The zero-order valence-electron chi connectivity index (χ0n) is 14.8. The van der Waals surface area contributed by atoms with Crippen molar-refractivity contribution in [1.82, 2.24) is 0 Å². The summed E-state index contributed by atoms with van der Waals surface area (Å²) >= 11 is 1.10. The topological polar surface area (TPSA) is 97.1 Å². The summed E-state index contributed by atoms with van der Waals surface area (Å²) in [5, 5.41) is 12.8. The number of likely N-dealkylation sites (tertiary alicyclic amines) is 1. The van der Waals surface area contributed by atoms with Gasteiger partial charge in [0.2, 0.25) is 0 Å². The summed E-state index contributed by atoms with van der Waals surface area (Å²) in [4.78, 5) is 37.8. The number of ketones is 1. The first kappa shape index (κ1) is 19.6. The summed E-state index contributed by atoms with van der Waals surface area (Å²) in [6, 6.07) is 0. The maximum Gasteiger partial charge on any atom is 0.341 e. The molecule has 8 heteroatoms. The van der Waals surface area contributed by atoms with E-state index < -0.39 is 5.97 Å². The Kier molecular flexibility index (Phi) is 6.69. The van der Waals surface area contributed by atoms with Gasteiger partial charge in [0.25, 0.3) is 5.91 Å². The maximum absolute atomic E-state index is 12.4. The second kappa shape index (κ2) is 8.55. The summed E-state index contributed by atoms with van der Waals surface area (Å²) in [6.45, 7) is 6.62. The molecule has 0 radical (unpaired) electrons. The van der Waals surface area contributed by atoms with Crippen molar-refractivity contribution in [3.05, 3.63) is 16.0 Å². The molecule has 1 aromatic rings. The molecule has 2 heterocycles. The molecule has 1 aliphatic heterocycles. The van der Waals surface area contributed by atoms with Gasteiger partial charge >= 0.3 is 5.97 Å². The van der Waals surface area contributed by atoms with Crippen molar-refractivity contribution in [3.63, 3.8) is 0 Å². The fraction of sp³-hybridized carbons (Fsp3) is 0.588. The predicted molar refractivity (Wildman–Crippen MR) is 94.5 cm³/mol. The van der Waals surface area contributed by atoms with E-state index in [1.54, 1.807) is 13.8 Å². The number of quaternary nitrogens is 1. The van der Waals surface area contributed by atoms with Crippen LogP contribution < -0.4 is 10.2 Å². The lowest BCUT2D eigenvalue weighted by Gasteiger charge is -2.26. The number of esters is 1. The van der Waals surface area contributed by atoms with Gasteiger partial charge in [-0.3, -0.25) is 9.59 Å². The smallest absolute Gasteiger partial charge is 0.341 e. The maximum atomic E-state index is 12.4. The van der Waals surface area contributed by atoms with E-state index in [-0.39, 0.29) is 36.5 Å². The highest BCUT2D eigenvalue weighted by atomic mass is 32.1. The Labute approximate surface area is 151 Å². The molecule has 1 amide bonds. The van der Waals surface area contributed by atoms with Crippen LogP contribution in [-0.4, -0.2) is 55.1 Å². The molecule has 1 saturated heterocycles. The first-order valence-electron chi connectivity index (χ1n) is 8.46. The summed E-state index contributed by atoms with van der Waals surface area (Å²) in [7, 11) is 0. The number of piperidine rings is 1. The molecular formula is C17H25N2O5S+. The van der Waals surface area contributed by atoms with Gasteiger partial charge in [0.15, 0.2) is 12.3 Å². The highest BCUT2D eigenvalue weighted by Gasteiger charge is 2.27. The monoisotopic (exact) mass is 369 g/mol. The number of rotatable bonds is 6. The molecule has 1 aliphatic rings. The average Bonchev–Trinajstić information content (AvgIpc) is 2.84. The Morgan fingerprint density at radius 3 is 2.72 bits per heavy atom. The van der Waals surface area contributed by atoms with Gasteiger partial charge in [-0.25, -0.2) is 4.79 Å². The Balaban J connectivity index is 2.16. The number of amides is 1. The van der Waals surface area contributed by atoms with Crippen molar-refractivity contribution in [1.29, 1.82) is 0 Å². The first-order valence-corrected chi connectivity index (χ1v) is 9.28. The average molecular weight is 369 g/mol. The van der Waals surface area contributed by atoms with E-state index in [2.05, 4.69) is 5.32 Å². The normalized spacial score (nSPS) is 20.2. The van der Waals surface area contributed by atoms with Crippen LogP contribution in [0.5, 0.6) is 0 Å². The highest BCUT2D eigenvalue weighted by Crippen LogP contribution is 2.34. The number of thiophene rings is 1. The predicted octanol–water partition coefficient (Wildman–Crippen LogP) is 0.414. The van der Waals surface area contributed by atoms with Crippen molar-refractivity contribution < 1.29 is 29.1 Å². The van der Waals surface area contributed by atoms with Crippen LogP contribution in [0.1, 0.15) is 52.3 Å². The lowest BCUT2D eigenvalue weighted by Crippen LogP contribution is -3.15. The Bertz CT molecular complexity index is 670. The minimum atomic E-state index is -0.542. The zero-order chi connectivity index (χ0) is 18.6. The van der Waals surface area contributed by atoms with Crippen LogP contribution in [-0.2, 0) is 9.53 Å². The fourth-order valence-electron chi connectivity index (χ4n) is 3.07. The largest absolute Gasteiger partial charge is 0.462 e. The van der Waals surface area contributed by atoms with Gasteiger partial charge in [-0.2, -0.15) is 0 Å². The van der Waals surface area contributed by atoms with E-state index in [9.17, 15) is 19.5 Å². The number of hydrogen-bond donors (Lipinski definition) is 3. The third kappa shape index (κ3) is 4.87. The van der Waals surface area contributed by atoms with Crippen molar-refractivity contribution in [2.24, 2.45) is 0 Å². The lowest BCUT2D eigenvalue weighted by atomic mass is 10.1. The van der Waals surface area contributed by atoms with E-state index in [0.29, 0.717) is 22.0 Å². The molecule has 0 spiro atoms. The molecule has 1 unspecified atom stereocenters. The number of hydrogen-bond acceptors (Lipinski definition) is 6. The molecule has 0 bridgehead atoms. The highest BCUT2D eigenvalue weighted by molar-refractivity contribution is 7.18. The van der Waals surface area contributed by atoms with Crippen molar-refractivity contribution in [2.75, 3.05) is 31.6 Å². The number of nitrogens with one attached hydrogen (secondary N) is 2. The van der Waals surface area contributed by atoms with Gasteiger partial charge < -0.3 is 20.1 Å². The van der Waals surface area contributed by atoms with Crippen LogP contribution in [0.4, 0.5) is 5.00 Å². The van der Waals surface area contributed by atoms with Crippen LogP contribution in [0, 0.1) is 6.92 Å². The molecule has 0 aromatic carbocycles. The van der Waals surface area contributed by atoms with Crippen LogP contribution in [0.3, 0.4) is 0 Å². The van der Waals surface area contributed by atoms with E-state index >= 15 is 0 Å². The molecule has 1 fully saturated rings. The summed E-state index contributed by atoms with van der Waals surface area (Å²) in [5.41, 5.74) is 0.783. The first-order chi connectivity index (χ1) is 11.8. The van der Waals surface area contributed by atoms with Crippen LogP contribution >= 0.6 is 11.3 Å². The molecule has 3 N–H and O–H groups in total. The van der Waals surface area contributed by atoms with Gasteiger partial charge in [-0.15, -0.1) is 11.3 Å². The number of aliphatic hydroxyl groups excluding tert-OH is 1. The minimum Gasteiger partial charge on any atom is -0.462 e. The van der Waals surface area contributed by atoms with Gasteiger partial charge in [0.1, 0.15) is 17.6 Å². The number of carbonyl (C=O) groups is 3. The van der Waals surface area contributed by atoms with Crippen molar-refractivity contribution in [2.45, 2.75) is 39.7 Å². The molecule has 7 nitrogen and oxygen atoms in total. The van der Waals surface area contributed by atoms with Gasteiger partial charge in [-0.1, -0.05) is 0 Å². The Morgan fingerprint density at radius 2 is 2.12 bits per heavy atom. The number of anilines is 1. The lowest BCUT2D eigenvalue weighted by molar-refractivity contribution is -0.900. The fourth-order valence-corrected chi connectivity index (χ4v) is 4.18. The molecule has 1 aromatic heterocycles. The standard InChI is InChI=1S/C17H24N2O5S/c1-4-24-17(23)14-10(2)15(11(3)20)25-16(14)18-13(22)9-19-7-5-6-12(21)8-19/h12,21H,4-9H2,1-3H3,(H,18,22)/p+1/t12-/m0/s1. The minimum absolute atomic E-state index is 0.154. The van der Waals surface area contributed by atoms with Crippen LogP contribution in [0.2, 0.25) is 0 Å². The zero-order valence-corrected chi connectivity index (χ0v) is 15.6. The summed E-state index contributed by atoms with van der Waals surface area (Å²) in [5.74, 6) is -0.941. The number of carbonyl (C=O) groups excluding carboxylic acids is 3. The Morgan fingerprint density at radius 1 is 1.40 bits per heavy atom. The van der Waals surface area contributed by atoms with E-state index in [4.69, 9.17) is 4.74 Å². The van der Waals surface area contributed by atoms with Gasteiger partial charge in [0.05, 0.1) is 23.6 Å². The van der Waals surface area contributed by atoms with E-state index in [1.165, 1.54) is 6.92 Å². The van der Waals surface area contributed by atoms with Gasteiger partial charge in [0, 0.05) is 0 Å². The Hall–Kier alpha value is -1.77. The molecule has 138 valence electrons. The number of ether oxygens (including phenoxy) is 1. The SMILES string of the molecule is CCOC(=O)c1c(NC(=O)C[NH+]2CCC[C@H](O)C2)sc(C(C)=O)c1C. The second-order valence-electron chi connectivity index (χ2n) is 6.26. The van der Waals surface area contributed by atoms with Crippen molar-refractivity contribution in [3.8, 4) is 0 Å².